The first-order chi connectivity index (χ1) is 8.27. The van der Waals surface area contributed by atoms with Crippen molar-refractivity contribution in [1.29, 1.82) is 0 Å². The van der Waals surface area contributed by atoms with Crippen molar-refractivity contribution in [2.45, 2.75) is 32.2 Å². The fourth-order valence-corrected chi connectivity index (χ4v) is 2.59. The number of aromatic nitrogens is 2. The zero-order valence-electron chi connectivity index (χ0n) is 10.1. The lowest BCUT2D eigenvalue weighted by molar-refractivity contribution is 0.0942. The van der Waals surface area contributed by atoms with Crippen molar-refractivity contribution in [2.24, 2.45) is 0 Å². The molecule has 6 heteroatoms. The van der Waals surface area contributed by atoms with Gasteiger partial charge in [0.15, 0.2) is 0 Å². The molecule has 1 aliphatic rings. The summed E-state index contributed by atoms with van der Waals surface area (Å²) in [5, 5.41) is 6.55. The minimum absolute atomic E-state index is 0.0651. The van der Waals surface area contributed by atoms with E-state index in [1.807, 2.05) is 0 Å². The predicted molar refractivity (Wildman–Crippen MR) is 67.1 cm³/mol. The van der Waals surface area contributed by atoms with E-state index in [1.165, 1.54) is 25.5 Å². The van der Waals surface area contributed by atoms with E-state index >= 15 is 0 Å². The number of nitrogens with one attached hydrogen (secondary N) is 1. The highest BCUT2D eigenvalue weighted by Gasteiger charge is 2.17. The third-order valence-electron chi connectivity index (χ3n) is 3.21. The minimum atomic E-state index is -0.0651. The van der Waals surface area contributed by atoms with Gasteiger partial charge in [0.1, 0.15) is 4.88 Å². The summed E-state index contributed by atoms with van der Waals surface area (Å²) in [6.45, 7) is 5.04. The van der Waals surface area contributed by atoms with Gasteiger partial charge in [-0.1, -0.05) is 10.9 Å². The highest BCUT2D eigenvalue weighted by Crippen LogP contribution is 2.15. The number of carbonyl (C=O) groups excluding carboxylic acids is 1. The first-order valence-electron chi connectivity index (χ1n) is 6.07. The summed E-state index contributed by atoms with van der Waals surface area (Å²) < 4.78 is 3.67. The molecule has 1 atom stereocenters. The van der Waals surface area contributed by atoms with Crippen molar-refractivity contribution in [2.75, 3.05) is 19.6 Å². The monoisotopic (exact) mass is 254 g/mol. The second-order valence-electron chi connectivity index (χ2n) is 4.42. The SMILES string of the molecule is CC1CCCCN1CCNC(=O)c1cnns1. The molecule has 1 fully saturated rings. The number of amides is 1. The third-order valence-corrected chi connectivity index (χ3v) is 3.87. The molecule has 2 rings (SSSR count). The molecular weight excluding hydrogens is 236 g/mol. The van der Waals surface area contributed by atoms with E-state index in [0.29, 0.717) is 17.5 Å². The summed E-state index contributed by atoms with van der Waals surface area (Å²) >= 11 is 1.13. The van der Waals surface area contributed by atoms with Crippen LogP contribution in [-0.4, -0.2) is 46.1 Å². The van der Waals surface area contributed by atoms with Crippen LogP contribution in [0.1, 0.15) is 35.9 Å². The average molecular weight is 254 g/mol. The molecule has 1 aromatic heterocycles. The Balaban J connectivity index is 1.70. The van der Waals surface area contributed by atoms with Crippen LogP contribution < -0.4 is 5.32 Å². The molecule has 0 spiro atoms. The van der Waals surface area contributed by atoms with Crippen LogP contribution >= 0.6 is 11.5 Å². The van der Waals surface area contributed by atoms with Gasteiger partial charge in [-0.2, -0.15) is 0 Å². The van der Waals surface area contributed by atoms with Crippen LogP contribution in [0, 0.1) is 0 Å². The zero-order valence-corrected chi connectivity index (χ0v) is 10.9. The lowest BCUT2D eigenvalue weighted by Crippen LogP contribution is -2.42. The number of rotatable bonds is 4. The van der Waals surface area contributed by atoms with Gasteiger partial charge < -0.3 is 5.32 Å². The third kappa shape index (κ3) is 3.47. The Morgan fingerprint density at radius 1 is 1.65 bits per heavy atom. The van der Waals surface area contributed by atoms with Gasteiger partial charge >= 0.3 is 0 Å². The Morgan fingerprint density at radius 2 is 2.53 bits per heavy atom. The van der Waals surface area contributed by atoms with Gasteiger partial charge in [-0.25, -0.2) is 0 Å². The molecule has 1 unspecified atom stereocenters. The highest BCUT2D eigenvalue weighted by molar-refractivity contribution is 7.07. The summed E-state index contributed by atoms with van der Waals surface area (Å²) in [5.41, 5.74) is 0. The van der Waals surface area contributed by atoms with Gasteiger partial charge in [-0.05, 0) is 37.8 Å². The van der Waals surface area contributed by atoms with Crippen molar-refractivity contribution in [3.63, 3.8) is 0 Å². The van der Waals surface area contributed by atoms with Crippen LogP contribution in [0.15, 0.2) is 6.20 Å². The van der Waals surface area contributed by atoms with Gasteiger partial charge in [0.05, 0.1) is 6.20 Å². The van der Waals surface area contributed by atoms with Gasteiger partial charge in [0.2, 0.25) is 0 Å². The number of carbonyl (C=O) groups is 1. The summed E-state index contributed by atoms with van der Waals surface area (Å²) in [6, 6.07) is 0.644. The fraction of sp³-hybridized carbons (Fsp3) is 0.727. The fourth-order valence-electron chi connectivity index (χ4n) is 2.16. The lowest BCUT2D eigenvalue weighted by atomic mass is 10.0. The smallest absolute Gasteiger partial charge is 0.264 e. The molecule has 94 valence electrons. The molecule has 5 nitrogen and oxygen atoms in total. The summed E-state index contributed by atoms with van der Waals surface area (Å²) in [7, 11) is 0. The molecule has 2 heterocycles. The Kier molecular flexibility index (Phi) is 4.44. The van der Waals surface area contributed by atoms with Gasteiger partial charge in [-0.3, -0.25) is 9.69 Å². The van der Waals surface area contributed by atoms with Gasteiger partial charge in [-0.15, -0.1) is 5.10 Å². The van der Waals surface area contributed by atoms with Crippen LogP contribution in [0.5, 0.6) is 0 Å². The molecule has 1 aromatic rings. The van der Waals surface area contributed by atoms with Crippen LogP contribution in [0.3, 0.4) is 0 Å². The molecular formula is C11H18N4OS. The van der Waals surface area contributed by atoms with E-state index in [-0.39, 0.29) is 5.91 Å². The van der Waals surface area contributed by atoms with Crippen LogP contribution in [-0.2, 0) is 0 Å². The number of piperidine rings is 1. The second-order valence-corrected chi connectivity index (χ2v) is 5.20. The first kappa shape index (κ1) is 12.4. The van der Waals surface area contributed by atoms with E-state index in [9.17, 15) is 4.79 Å². The Bertz CT molecular complexity index is 354. The largest absolute Gasteiger partial charge is 0.350 e. The van der Waals surface area contributed by atoms with E-state index in [0.717, 1.165) is 24.6 Å². The number of hydrogen-bond acceptors (Lipinski definition) is 5. The standard InChI is InChI=1S/C11H18N4OS/c1-9-4-2-3-6-15(9)7-5-12-11(16)10-8-13-14-17-10/h8-9H,2-7H2,1H3,(H,12,16). The molecule has 0 aromatic carbocycles. The molecule has 0 bridgehead atoms. The van der Waals surface area contributed by atoms with Crippen LogP contribution in [0.2, 0.25) is 0 Å². The van der Waals surface area contributed by atoms with Crippen molar-refractivity contribution in [3.8, 4) is 0 Å². The van der Waals surface area contributed by atoms with E-state index in [2.05, 4.69) is 26.7 Å². The maximum Gasteiger partial charge on any atom is 0.264 e. The summed E-state index contributed by atoms with van der Waals surface area (Å²) in [4.78, 5) is 14.6. The first-order valence-corrected chi connectivity index (χ1v) is 6.84. The molecule has 1 N–H and O–H groups in total. The molecule has 0 saturated carbocycles. The van der Waals surface area contributed by atoms with Crippen molar-refractivity contribution in [3.05, 3.63) is 11.1 Å². The minimum Gasteiger partial charge on any atom is -0.350 e. The number of hydrogen-bond donors (Lipinski definition) is 1. The molecule has 1 saturated heterocycles. The molecule has 1 amide bonds. The zero-order chi connectivity index (χ0) is 12.1. The molecule has 0 aliphatic carbocycles. The van der Waals surface area contributed by atoms with E-state index in [1.54, 1.807) is 0 Å². The topological polar surface area (TPSA) is 58.1 Å². The summed E-state index contributed by atoms with van der Waals surface area (Å²) in [6.07, 6.45) is 5.38. The van der Waals surface area contributed by atoms with Crippen molar-refractivity contribution in [1.82, 2.24) is 19.8 Å². The molecule has 17 heavy (non-hydrogen) atoms. The highest BCUT2D eigenvalue weighted by atomic mass is 32.1. The van der Waals surface area contributed by atoms with E-state index < -0.39 is 0 Å². The summed E-state index contributed by atoms with van der Waals surface area (Å²) in [5.74, 6) is -0.0651. The predicted octanol–water partition coefficient (Wildman–Crippen LogP) is 1.14. The lowest BCUT2D eigenvalue weighted by Gasteiger charge is -2.33. The maximum atomic E-state index is 11.6. The van der Waals surface area contributed by atoms with Gasteiger partial charge in [0.25, 0.3) is 5.91 Å². The van der Waals surface area contributed by atoms with Crippen LogP contribution in [0.25, 0.3) is 0 Å². The number of likely N-dealkylation sites (tertiary alicyclic amines) is 1. The normalized spacial score (nSPS) is 21.4. The Morgan fingerprint density at radius 3 is 3.24 bits per heavy atom. The second kappa shape index (κ2) is 6.07. The van der Waals surface area contributed by atoms with E-state index in [4.69, 9.17) is 0 Å². The maximum absolute atomic E-state index is 11.6. The van der Waals surface area contributed by atoms with Gasteiger partial charge in [0, 0.05) is 19.1 Å². The Labute approximate surface area is 105 Å². The quantitative estimate of drug-likeness (QED) is 0.875. The Hall–Kier alpha value is -1.01. The average Bonchev–Trinajstić information content (AvgIpc) is 2.85. The number of nitrogens with zero attached hydrogens (tertiary/aromatic N) is 3. The molecule has 1 aliphatic heterocycles. The van der Waals surface area contributed by atoms with Crippen molar-refractivity contribution < 1.29 is 4.79 Å². The molecule has 0 radical (unpaired) electrons. The van der Waals surface area contributed by atoms with Crippen LogP contribution in [0.4, 0.5) is 0 Å². The van der Waals surface area contributed by atoms with Crippen molar-refractivity contribution >= 4 is 17.4 Å².